The van der Waals surface area contributed by atoms with Gasteiger partial charge in [-0.1, -0.05) is 55.8 Å². The van der Waals surface area contributed by atoms with E-state index in [0.29, 0.717) is 24.9 Å². The SMILES string of the molecule is CCNc1cccc([C@]23CCCC([C@@H]2C)N(C[C@H](Cc2ccccc2)C(=O)O)CC3)c1. The molecule has 166 valence electrons. The van der Waals surface area contributed by atoms with Gasteiger partial charge in [-0.3, -0.25) is 9.69 Å². The number of piperidine rings is 1. The van der Waals surface area contributed by atoms with Gasteiger partial charge in [0.2, 0.25) is 0 Å². The fourth-order valence-corrected chi connectivity index (χ4v) is 6.17. The van der Waals surface area contributed by atoms with Gasteiger partial charge >= 0.3 is 5.97 Å². The fraction of sp³-hybridized carbons (Fsp3) is 0.519. The third-order valence-corrected chi connectivity index (χ3v) is 7.83. The normalized spacial score (nSPS) is 26.9. The van der Waals surface area contributed by atoms with Crippen LogP contribution >= 0.6 is 0 Å². The van der Waals surface area contributed by atoms with E-state index in [1.54, 1.807) is 0 Å². The van der Waals surface area contributed by atoms with Crippen LogP contribution in [0, 0.1) is 11.8 Å². The zero-order chi connectivity index (χ0) is 21.8. The lowest BCUT2D eigenvalue weighted by Gasteiger charge is -2.56. The highest BCUT2D eigenvalue weighted by Gasteiger charge is 2.49. The van der Waals surface area contributed by atoms with Crippen LogP contribution in [-0.2, 0) is 16.6 Å². The number of likely N-dealkylation sites (tertiary alicyclic amines) is 1. The molecule has 2 fully saturated rings. The van der Waals surface area contributed by atoms with E-state index in [4.69, 9.17) is 0 Å². The maximum Gasteiger partial charge on any atom is 0.308 e. The molecule has 0 amide bonds. The number of anilines is 1. The Bertz CT molecular complexity index is 884. The van der Waals surface area contributed by atoms with E-state index in [0.717, 1.165) is 25.1 Å². The first-order chi connectivity index (χ1) is 15.0. The van der Waals surface area contributed by atoms with Gasteiger partial charge in [-0.25, -0.2) is 0 Å². The maximum atomic E-state index is 12.1. The number of hydrogen-bond donors (Lipinski definition) is 2. The molecule has 1 aliphatic heterocycles. The zero-order valence-electron chi connectivity index (χ0n) is 18.9. The lowest BCUT2D eigenvalue weighted by Crippen LogP contribution is -2.58. The smallest absolute Gasteiger partial charge is 0.308 e. The van der Waals surface area contributed by atoms with Gasteiger partial charge in [-0.05, 0) is 68.3 Å². The molecule has 4 heteroatoms. The lowest BCUT2D eigenvalue weighted by atomic mass is 9.57. The van der Waals surface area contributed by atoms with Crippen LogP contribution in [0.4, 0.5) is 5.69 Å². The molecular formula is C27H36N2O2. The number of nitrogens with one attached hydrogen (secondary N) is 1. The van der Waals surface area contributed by atoms with Crippen LogP contribution in [0.1, 0.15) is 50.7 Å². The van der Waals surface area contributed by atoms with Crippen molar-refractivity contribution in [3.63, 3.8) is 0 Å². The summed E-state index contributed by atoms with van der Waals surface area (Å²) >= 11 is 0. The van der Waals surface area contributed by atoms with Crippen molar-refractivity contribution in [2.45, 2.75) is 57.4 Å². The number of benzene rings is 2. The second-order valence-corrected chi connectivity index (χ2v) is 9.49. The summed E-state index contributed by atoms with van der Waals surface area (Å²) < 4.78 is 0. The molecule has 2 aliphatic rings. The molecule has 0 radical (unpaired) electrons. The Morgan fingerprint density at radius 3 is 2.74 bits per heavy atom. The predicted molar refractivity (Wildman–Crippen MR) is 127 cm³/mol. The van der Waals surface area contributed by atoms with E-state index >= 15 is 0 Å². The molecule has 4 atom stereocenters. The second kappa shape index (κ2) is 9.44. The van der Waals surface area contributed by atoms with Crippen molar-refractivity contribution in [3.05, 3.63) is 65.7 Å². The van der Waals surface area contributed by atoms with Crippen LogP contribution in [0.25, 0.3) is 0 Å². The molecule has 1 aliphatic carbocycles. The molecule has 2 bridgehead atoms. The third-order valence-electron chi connectivity index (χ3n) is 7.83. The molecule has 0 spiro atoms. The molecule has 31 heavy (non-hydrogen) atoms. The van der Waals surface area contributed by atoms with E-state index in [2.05, 4.69) is 48.3 Å². The van der Waals surface area contributed by atoms with Gasteiger partial charge in [0.25, 0.3) is 0 Å². The molecule has 1 saturated carbocycles. The number of carbonyl (C=O) groups is 1. The number of aliphatic carboxylic acids is 1. The Balaban J connectivity index is 1.52. The predicted octanol–water partition coefficient (Wildman–Crippen LogP) is 5.19. The van der Waals surface area contributed by atoms with Crippen molar-refractivity contribution in [3.8, 4) is 0 Å². The number of carboxylic acids is 1. The van der Waals surface area contributed by atoms with Crippen molar-refractivity contribution in [2.24, 2.45) is 11.8 Å². The van der Waals surface area contributed by atoms with E-state index in [1.165, 1.54) is 30.5 Å². The second-order valence-electron chi connectivity index (χ2n) is 9.49. The summed E-state index contributed by atoms with van der Waals surface area (Å²) in [5, 5.41) is 13.4. The standard InChI is InChI=1S/C27H36N2O2/c1-3-28-24-12-7-11-23(18-24)27-14-8-13-25(20(27)2)29(16-15-27)19-22(26(30)31)17-21-9-5-4-6-10-21/h4-7,9-12,18,20,22,25,28H,3,8,13-17,19H2,1-2H3,(H,30,31)/t20-,22-,25?,27-/m0/s1. The zero-order valence-corrected chi connectivity index (χ0v) is 18.9. The van der Waals surface area contributed by atoms with Crippen LogP contribution < -0.4 is 5.32 Å². The summed E-state index contributed by atoms with van der Waals surface area (Å²) in [5.74, 6) is -0.512. The quantitative estimate of drug-likeness (QED) is 0.617. The minimum atomic E-state index is -0.678. The van der Waals surface area contributed by atoms with Crippen LogP contribution in [0.2, 0.25) is 0 Å². The number of hydrogen-bond acceptors (Lipinski definition) is 3. The summed E-state index contributed by atoms with van der Waals surface area (Å²) in [5.41, 5.74) is 3.99. The first kappa shape index (κ1) is 21.9. The molecule has 2 aromatic rings. The maximum absolute atomic E-state index is 12.1. The monoisotopic (exact) mass is 420 g/mol. The van der Waals surface area contributed by atoms with Crippen LogP contribution in [0.5, 0.6) is 0 Å². The summed E-state index contributed by atoms with van der Waals surface area (Å²) in [6.07, 6.45) is 5.34. The van der Waals surface area contributed by atoms with E-state index in [9.17, 15) is 9.90 Å². The largest absolute Gasteiger partial charge is 0.481 e. The summed E-state index contributed by atoms with van der Waals surface area (Å²) in [4.78, 5) is 14.6. The van der Waals surface area contributed by atoms with Crippen molar-refractivity contribution in [2.75, 3.05) is 25.0 Å². The Morgan fingerprint density at radius 1 is 1.19 bits per heavy atom. The molecular weight excluding hydrogens is 384 g/mol. The van der Waals surface area contributed by atoms with Crippen molar-refractivity contribution in [1.82, 2.24) is 4.90 Å². The van der Waals surface area contributed by atoms with E-state index in [1.807, 2.05) is 30.3 Å². The fourth-order valence-electron chi connectivity index (χ4n) is 6.17. The van der Waals surface area contributed by atoms with Gasteiger partial charge in [0.05, 0.1) is 5.92 Å². The highest BCUT2D eigenvalue weighted by molar-refractivity contribution is 5.70. The summed E-state index contributed by atoms with van der Waals surface area (Å²) in [6, 6.07) is 19.5. The minimum Gasteiger partial charge on any atom is -0.481 e. The molecule has 2 N–H and O–H groups in total. The molecule has 1 heterocycles. The Hall–Kier alpha value is -2.33. The average Bonchev–Trinajstić information content (AvgIpc) is 2.76. The van der Waals surface area contributed by atoms with Crippen LogP contribution in [-0.4, -0.2) is 41.7 Å². The third kappa shape index (κ3) is 4.50. The Kier molecular flexibility index (Phi) is 6.66. The Morgan fingerprint density at radius 2 is 2.00 bits per heavy atom. The van der Waals surface area contributed by atoms with Gasteiger partial charge in [0, 0.05) is 30.2 Å². The number of rotatable bonds is 8. The first-order valence-corrected chi connectivity index (χ1v) is 11.9. The van der Waals surface area contributed by atoms with Gasteiger partial charge in [0.1, 0.15) is 0 Å². The van der Waals surface area contributed by atoms with Crippen molar-refractivity contribution >= 4 is 11.7 Å². The first-order valence-electron chi connectivity index (χ1n) is 11.9. The highest BCUT2D eigenvalue weighted by atomic mass is 16.4. The number of carboxylic acid groups (broad SMARTS) is 1. The van der Waals surface area contributed by atoms with Crippen LogP contribution in [0.3, 0.4) is 0 Å². The molecule has 4 nitrogen and oxygen atoms in total. The average molecular weight is 421 g/mol. The van der Waals surface area contributed by atoms with Crippen molar-refractivity contribution < 1.29 is 9.90 Å². The molecule has 1 saturated heterocycles. The molecule has 0 aromatic heterocycles. The molecule has 4 rings (SSSR count). The Labute approximate surface area is 186 Å². The van der Waals surface area contributed by atoms with Gasteiger partial charge < -0.3 is 10.4 Å². The van der Waals surface area contributed by atoms with Gasteiger partial charge in [-0.15, -0.1) is 0 Å². The summed E-state index contributed by atoms with van der Waals surface area (Å²) in [7, 11) is 0. The number of nitrogens with zero attached hydrogens (tertiary/aromatic N) is 1. The summed E-state index contributed by atoms with van der Waals surface area (Å²) in [6.45, 7) is 7.10. The molecule has 1 unspecified atom stereocenters. The van der Waals surface area contributed by atoms with Crippen molar-refractivity contribution in [1.29, 1.82) is 0 Å². The number of fused-ring (bicyclic) bond motifs is 2. The van der Waals surface area contributed by atoms with Crippen LogP contribution in [0.15, 0.2) is 54.6 Å². The van der Waals surface area contributed by atoms with E-state index < -0.39 is 5.97 Å². The molecule has 2 aromatic carbocycles. The lowest BCUT2D eigenvalue weighted by molar-refractivity contribution is -0.143. The van der Waals surface area contributed by atoms with Gasteiger partial charge in [-0.2, -0.15) is 0 Å². The van der Waals surface area contributed by atoms with Gasteiger partial charge in [0.15, 0.2) is 0 Å². The van der Waals surface area contributed by atoms with E-state index in [-0.39, 0.29) is 11.3 Å². The topological polar surface area (TPSA) is 52.6 Å². The highest BCUT2D eigenvalue weighted by Crippen LogP contribution is 2.51. The minimum absolute atomic E-state index is 0.211.